The quantitative estimate of drug-likeness (QED) is 0.372. The van der Waals surface area contributed by atoms with Crippen LogP contribution < -0.4 is 16.0 Å². The molecular weight excluding hydrogens is 415 g/mol. The number of amides is 1. The van der Waals surface area contributed by atoms with Crippen LogP contribution in [0.2, 0.25) is 0 Å². The van der Waals surface area contributed by atoms with Gasteiger partial charge in [0.1, 0.15) is 0 Å². The van der Waals surface area contributed by atoms with Gasteiger partial charge in [0.05, 0.1) is 0 Å². The van der Waals surface area contributed by atoms with Crippen LogP contribution in [0, 0.1) is 6.92 Å². The highest BCUT2D eigenvalue weighted by Gasteiger charge is 2.18. The maximum atomic E-state index is 11.2. The van der Waals surface area contributed by atoms with Crippen molar-refractivity contribution >= 4 is 35.8 Å². The fraction of sp³-hybridized carbons (Fsp3) is 0.556. The molecule has 24 heavy (non-hydrogen) atoms. The van der Waals surface area contributed by atoms with E-state index in [-0.39, 0.29) is 35.9 Å². The summed E-state index contributed by atoms with van der Waals surface area (Å²) in [5.41, 5.74) is 2.59. The highest BCUT2D eigenvalue weighted by atomic mass is 127. The van der Waals surface area contributed by atoms with Crippen molar-refractivity contribution in [3.05, 3.63) is 35.4 Å². The Morgan fingerprint density at radius 2 is 2.25 bits per heavy atom. The lowest BCUT2D eigenvalue weighted by Crippen LogP contribution is -2.51. The summed E-state index contributed by atoms with van der Waals surface area (Å²) in [5, 5.41) is 9.60. The summed E-state index contributed by atoms with van der Waals surface area (Å²) in [6.45, 7) is 8.59. The Morgan fingerprint density at radius 1 is 1.46 bits per heavy atom. The SMILES string of the molecule is CCNC(=NCC(C)c1cccc(C)c1)NC1CCC(=O)NC1.I. The number of aliphatic imine (C=N–C) groups is 1. The molecule has 3 N–H and O–H groups in total. The molecule has 1 aliphatic rings. The number of hydrogen-bond acceptors (Lipinski definition) is 2. The van der Waals surface area contributed by atoms with Crippen molar-refractivity contribution in [2.24, 2.45) is 4.99 Å². The molecule has 1 heterocycles. The lowest BCUT2D eigenvalue weighted by molar-refractivity contribution is -0.122. The van der Waals surface area contributed by atoms with E-state index in [2.05, 4.69) is 61.0 Å². The first-order valence-electron chi connectivity index (χ1n) is 8.46. The minimum atomic E-state index is 0. The molecule has 0 saturated carbocycles. The van der Waals surface area contributed by atoms with Crippen LogP contribution in [0.15, 0.2) is 29.3 Å². The highest BCUT2D eigenvalue weighted by Crippen LogP contribution is 2.16. The molecule has 2 rings (SSSR count). The molecule has 1 saturated heterocycles. The number of hydrogen-bond donors (Lipinski definition) is 3. The van der Waals surface area contributed by atoms with Gasteiger partial charge in [-0.15, -0.1) is 24.0 Å². The van der Waals surface area contributed by atoms with E-state index in [1.807, 2.05) is 0 Å². The van der Waals surface area contributed by atoms with Gasteiger partial charge in [0, 0.05) is 38.0 Å². The number of halogens is 1. The Labute approximate surface area is 162 Å². The summed E-state index contributed by atoms with van der Waals surface area (Å²) >= 11 is 0. The number of carbonyl (C=O) groups is 1. The first-order chi connectivity index (χ1) is 11.1. The minimum absolute atomic E-state index is 0. The van der Waals surface area contributed by atoms with Gasteiger partial charge in [0.15, 0.2) is 5.96 Å². The standard InChI is InChI=1S/C18H28N4O.HI/c1-4-19-18(22-16-8-9-17(23)20-12-16)21-11-14(3)15-7-5-6-13(2)10-15;/h5-7,10,14,16H,4,8-9,11-12H2,1-3H3,(H,20,23)(H2,19,21,22);1H. The van der Waals surface area contributed by atoms with E-state index in [0.717, 1.165) is 25.5 Å². The molecule has 0 aromatic heterocycles. The number of aryl methyl sites for hydroxylation is 1. The molecule has 1 aromatic rings. The van der Waals surface area contributed by atoms with Crippen molar-refractivity contribution in [1.29, 1.82) is 0 Å². The zero-order chi connectivity index (χ0) is 16.7. The van der Waals surface area contributed by atoms with Gasteiger partial charge in [-0.05, 0) is 25.8 Å². The average Bonchev–Trinajstić information content (AvgIpc) is 2.54. The molecule has 134 valence electrons. The Bertz CT molecular complexity index is 552. The molecule has 0 bridgehead atoms. The third-order valence-corrected chi connectivity index (χ3v) is 4.08. The summed E-state index contributed by atoms with van der Waals surface area (Å²) in [4.78, 5) is 15.9. The number of nitrogens with zero attached hydrogens (tertiary/aromatic N) is 1. The molecule has 1 aromatic carbocycles. The Kier molecular flexibility index (Phi) is 9.10. The first-order valence-corrected chi connectivity index (χ1v) is 8.46. The van der Waals surface area contributed by atoms with Crippen molar-refractivity contribution in [1.82, 2.24) is 16.0 Å². The van der Waals surface area contributed by atoms with Crippen LogP contribution in [0.4, 0.5) is 0 Å². The molecule has 0 spiro atoms. The molecule has 1 amide bonds. The summed E-state index contributed by atoms with van der Waals surface area (Å²) < 4.78 is 0. The Hall–Kier alpha value is -1.31. The van der Waals surface area contributed by atoms with Gasteiger partial charge in [-0.2, -0.15) is 0 Å². The van der Waals surface area contributed by atoms with Gasteiger partial charge in [0.25, 0.3) is 0 Å². The van der Waals surface area contributed by atoms with Crippen molar-refractivity contribution < 1.29 is 4.79 Å². The van der Waals surface area contributed by atoms with Crippen molar-refractivity contribution in [3.63, 3.8) is 0 Å². The van der Waals surface area contributed by atoms with Crippen LogP contribution >= 0.6 is 24.0 Å². The van der Waals surface area contributed by atoms with Gasteiger partial charge < -0.3 is 16.0 Å². The largest absolute Gasteiger partial charge is 0.357 e. The summed E-state index contributed by atoms with van der Waals surface area (Å²) in [6.07, 6.45) is 1.43. The van der Waals surface area contributed by atoms with E-state index in [1.54, 1.807) is 0 Å². The second kappa shape index (κ2) is 10.5. The Morgan fingerprint density at radius 3 is 2.88 bits per heavy atom. The van der Waals surface area contributed by atoms with Crippen molar-refractivity contribution in [3.8, 4) is 0 Å². The van der Waals surface area contributed by atoms with Gasteiger partial charge in [-0.3, -0.25) is 9.79 Å². The zero-order valence-corrected chi connectivity index (χ0v) is 17.1. The smallest absolute Gasteiger partial charge is 0.220 e. The molecule has 2 unspecified atom stereocenters. The number of guanidine groups is 1. The third-order valence-electron chi connectivity index (χ3n) is 4.08. The van der Waals surface area contributed by atoms with E-state index < -0.39 is 0 Å². The number of nitrogens with one attached hydrogen (secondary N) is 3. The highest BCUT2D eigenvalue weighted by molar-refractivity contribution is 14.0. The molecule has 0 aliphatic carbocycles. The number of rotatable bonds is 5. The van der Waals surface area contributed by atoms with E-state index in [1.165, 1.54) is 11.1 Å². The molecule has 2 atom stereocenters. The number of piperidine rings is 1. The van der Waals surface area contributed by atoms with Crippen LogP contribution in [0.5, 0.6) is 0 Å². The van der Waals surface area contributed by atoms with Crippen LogP contribution in [0.25, 0.3) is 0 Å². The molecule has 0 radical (unpaired) electrons. The maximum absolute atomic E-state index is 11.2. The molecule has 1 aliphatic heterocycles. The van der Waals surface area contributed by atoms with Crippen molar-refractivity contribution in [2.45, 2.75) is 45.6 Å². The lowest BCUT2D eigenvalue weighted by atomic mass is 10.00. The van der Waals surface area contributed by atoms with Crippen LogP contribution in [0.3, 0.4) is 0 Å². The second-order valence-corrected chi connectivity index (χ2v) is 6.22. The van der Waals surface area contributed by atoms with Crippen LogP contribution in [-0.4, -0.2) is 37.5 Å². The second-order valence-electron chi connectivity index (χ2n) is 6.22. The zero-order valence-electron chi connectivity index (χ0n) is 14.8. The van der Waals surface area contributed by atoms with E-state index in [9.17, 15) is 4.79 Å². The predicted octanol–water partition coefficient (Wildman–Crippen LogP) is 2.55. The third kappa shape index (κ3) is 6.67. The molecule has 5 nitrogen and oxygen atoms in total. The van der Waals surface area contributed by atoms with Crippen LogP contribution in [0.1, 0.15) is 43.7 Å². The Balaban J connectivity index is 0.00000288. The van der Waals surface area contributed by atoms with Gasteiger partial charge >= 0.3 is 0 Å². The van der Waals surface area contributed by atoms with E-state index in [4.69, 9.17) is 4.99 Å². The number of benzene rings is 1. The fourth-order valence-corrected chi connectivity index (χ4v) is 2.68. The summed E-state index contributed by atoms with van der Waals surface area (Å²) in [5.74, 6) is 1.34. The van der Waals surface area contributed by atoms with E-state index >= 15 is 0 Å². The molecular formula is C18H29IN4O. The summed E-state index contributed by atoms with van der Waals surface area (Å²) in [7, 11) is 0. The maximum Gasteiger partial charge on any atom is 0.220 e. The topological polar surface area (TPSA) is 65.5 Å². The van der Waals surface area contributed by atoms with Crippen molar-refractivity contribution in [2.75, 3.05) is 19.6 Å². The summed E-state index contributed by atoms with van der Waals surface area (Å²) in [6, 6.07) is 8.84. The lowest BCUT2D eigenvalue weighted by Gasteiger charge is -2.25. The van der Waals surface area contributed by atoms with Crippen LogP contribution in [-0.2, 0) is 4.79 Å². The van der Waals surface area contributed by atoms with Gasteiger partial charge in [-0.25, -0.2) is 0 Å². The average molecular weight is 444 g/mol. The fourth-order valence-electron chi connectivity index (χ4n) is 2.68. The predicted molar refractivity (Wildman–Crippen MR) is 110 cm³/mol. The molecule has 1 fully saturated rings. The normalized spacial score (nSPS) is 19.0. The monoisotopic (exact) mass is 444 g/mol. The van der Waals surface area contributed by atoms with Gasteiger partial charge in [0.2, 0.25) is 5.91 Å². The number of carbonyl (C=O) groups excluding carboxylic acids is 1. The first kappa shape index (κ1) is 20.7. The van der Waals surface area contributed by atoms with E-state index in [0.29, 0.717) is 18.9 Å². The van der Waals surface area contributed by atoms with Gasteiger partial charge in [-0.1, -0.05) is 36.8 Å². The minimum Gasteiger partial charge on any atom is -0.357 e. The molecule has 6 heteroatoms.